The summed E-state index contributed by atoms with van der Waals surface area (Å²) in [6.45, 7) is 0.416. The zero-order chi connectivity index (χ0) is 20.2. The number of imidazole rings is 1. The van der Waals surface area contributed by atoms with Crippen LogP contribution in [0.2, 0.25) is 0 Å². The summed E-state index contributed by atoms with van der Waals surface area (Å²) in [6.07, 6.45) is 0.527. The van der Waals surface area contributed by atoms with Crippen LogP contribution < -0.4 is 11.1 Å². The molecule has 144 valence electrons. The zero-order valence-corrected chi connectivity index (χ0v) is 15.3. The number of carbonyl (C=O) groups is 1. The van der Waals surface area contributed by atoms with Gasteiger partial charge in [0.05, 0.1) is 23.5 Å². The molecule has 0 amide bonds. The Balaban J connectivity index is 1.63. The smallest absolute Gasteiger partial charge is 0.202 e. The molecule has 0 saturated heterocycles. The van der Waals surface area contributed by atoms with E-state index in [4.69, 9.17) is 15.6 Å². The fourth-order valence-electron chi connectivity index (χ4n) is 2.99. The lowest BCUT2D eigenvalue weighted by Crippen LogP contribution is -2.04. The van der Waals surface area contributed by atoms with Gasteiger partial charge >= 0.3 is 0 Å². The Morgan fingerprint density at radius 1 is 1.21 bits per heavy atom. The molecular formula is C20H17N7O2. The number of hydrogen-bond donors (Lipinski definition) is 3. The molecule has 0 aliphatic heterocycles. The maximum Gasteiger partial charge on any atom is 0.202 e. The molecule has 2 heterocycles. The van der Waals surface area contributed by atoms with Crippen LogP contribution in [0.3, 0.4) is 0 Å². The molecule has 2 aromatic carbocycles. The second kappa shape index (κ2) is 7.82. The summed E-state index contributed by atoms with van der Waals surface area (Å²) in [7, 11) is 0. The summed E-state index contributed by atoms with van der Waals surface area (Å²) in [5.41, 5.74) is 9.55. The minimum atomic E-state index is -0.0241. The van der Waals surface area contributed by atoms with Crippen LogP contribution in [-0.2, 0) is 6.42 Å². The minimum Gasteiger partial charge on any atom is -0.399 e. The number of aromatic amines is 1. The average molecular weight is 387 g/mol. The molecule has 0 atom stereocenters. The topological polar surface area (TPSA) is 147 Å². The lowest BCUT2D eigenvalue weighted by Gasteiger charge is -2.03. The van der Waals surface area contributed by atoms with Crippen molar-refractivity contribution in [2.75, 3.05) is 17.6 Å². The van der Waals surface area contributed by atoms with Gasteiger partial charge in [-0.2, -0.15) is 5.26 Å². The highest BCUT2D eigenvalue weighted by molar-refractivity contribution is 5.99. The monoisotopic (exact) mass is 387 g/mol. The molecule has 0 saturated carbocycles. The highest BCUT2D eigenvalue weighted by Crippen LogP contribution is 2.26. The molecule has 4 aromatic rings. The standard InChI is InChI=1S/C20H17N7O2/c21-9-2-10-23-19-18(26-29-27-19)20-24-15-4-1-3-13(17(15)25-20)11-16(28)12-5-7-14(22)8-6-12/h1,3-8H,2,10-11,22H2,(H,23,27)(H,24,25). The van der Waals surface area contributed by atoms with Gasteiger partial charge in [0.25, 0.3) is 0 Å². The van der Waals surface area contributed by atoms with Gasteiger partial charge in [-0.1, -0.05) is 12.1 Å². The number of nitrogens with one attached hydrogen (secondary N) is 2. The van der Waals surface area contributed by atoms with E-state index in [2.05, 4.69) is 25.6 Å². The number of ketones is 1. The number of H-pyrrole nitrogens is 1. The number of carbonyl (C=O) groups excluding carboxylic acids is 1. The highest BCUT2D eigenvalue weighted by atomic mass is 16.6. The van der Waals surface area contributed by atoms with Gasteiger partial charge in [0, 0.05) is 24.2 Å². The first-order valence-corrected chi connectivity index (χ1v) is 8.96. The predicted molar refractivity (Wildman–Crippen MR) is 107 cm³/mol. The van der Waals surface area contributed by atoms with Crippen LogP contribution in [0.5, 0.6) is 0 Å². The van der Waals surface area contributed by atoms with E-state index in [0.29, 0.717) is 47.1 Å². The predicted octanol–water partition coefficient (Wildman–Crippen LogP) is 2.95. The Bertz CT molecular complexity index is 1200. The molecule has 0 aliphatic carbocycles. The van der Waals surface area contributed by atoms with E-state index >= 15 is 0 Å². The normalized spacial score (nSPS) is 10.7. The first-order chi connectivity index (χ1) is 14.2. The van der Waals surface area contributed by atoms with E-state index in [1.54, 1.807) is 24.3 Å². The summed E-state index contributed by atoms with van der Waals surface area (Å²) in [5, 5.41) is 19.4. The maximum absolute atomic E-state index is 12.7. The number of benzene rings is 2. The van der Waals surface area contributed by atoms with E-state index in [-0.39, 0.29) is 12.2 Å². The Morgan fingerprint density at radius 2 is 2.03 bits per heavy atom. The molecule has 9 nitrogen and oxygen atoms in total. The van der Waals surface area contributed by atoms with Crippen molar-refractivity contribution in [3.05, 3.63) is 53.6 Å². The Morgan fingerprint density at radius 3 is 2.83 bits per heavy atom. The van der Waals surface area contributed by atoms with Gasteiger partial charge in [-0.15, -0.1) is 0 Å². The Kier molecular flexibility index (Phi) is 4.90. The van der Waals surface area contributed by atoms with Crippen LogP contribution in [-0.4, -0.2) is 32.6 Å². The summed E-state index contributed by atoms with van der Waals surface area (Å²) in [5.74, 6) is 0.843. The third kappa shape index (κ3) is 3.77. The number of para-hydroxylation sites is 1. The number of hydrogen-bond acceptors (Lipinski definition) is 8. The van der Waals surface area contributed by atoms with Crippen LogP contribution in [0, 0.1) is 11.3 Å². The zero-order valence-electron chi connectivity index (χ0n) is 15.3. The van der Waals surface area contributed by atoms with Crippen LogP contribution in [0.4, 0.5) is 11.5 Å². The van der Waals surface area contributed by atoms with Crippen molar-refractivity contribution in [1.29, 1.82) is 5.26 Å². The molecule has 0 fully saturated rings. The lowest BCUT2D eigenvalue weighted by molar-refractivity contribution is 0.0993. The van der Waals surface area contributed by atoms with Gasteiger partial charge in [-0.3, -0.25) is 4.79 Å². The van der Waals surface area contributed by atoms with E-state index < -0.39 is 0 Å². The average Bonchev–Trinajstić information content (AvgIpc) is 3.35. The second-order valence-corrected chi connectivity index (χ2v) is 6.42. The SMILES string of the molecule is N#CCCNc1nonc1-c1nc2c(CC(=O)c3ccc(N)cc3)cccc2[nH]1. The fraction of sp³-hybridized carbons (Fsp3) is 0.150. The summed E-state index contributed by atoms with van der Waals surface area (Å²) < 4.78 is 4.82. The van der Waals surface area contributed by atoms with Gasteiger partial charge < -0.3 is 16.0 Å². The van der Waals surface area contributed by atoms with Crippen molar-refractivity contribution in [1.82, 2.24) is 20.3 Å². The van der Waals surface area contributed by atoms with Gasteiger partial charge in [0.1, 0.15) is 0 Å². The molecule has 4 N–H and O–H groups in total. The summed E-state index contributed by atoms with van der Waals surface area (Å²) in [6, 6.07) is 14.5. The number of Topliss-reactive ketones (excluding diaryl/α,β-unsaturated/α-hetero) is 1. The third-order valence-corrected chi connectivity index (χ3v) is 4.42. The number of anilines is 2. The third-order valence-electron chi connectivity index (χ3n) is 4.42. The number of rotatable bonds is 7. The van der Waals surface area contributed by atoms with Crippen molar-refractivity contribution in [2.24, 2.45) is 0 Å². The number of nitriles is 1. The quantitative estimate of drug-likeness (QED) is 0.249. The molecule has 2 aromatic heterocycles. The highest BCUT2D eigenvalue weighted by Gasteiger charge is 2.18. The molecular weight excluding hydrogens is 370 g/mol. The largest absolute Gasteiger partial charge is 0.399 e. The molecule has 0 unspecified atom stereocenters. The van der Waals surface area contributed by atoms with Crippen molar-refractivity contribution in [2.45, 2.75) is 12.8 Å². The second-order valence-electron chi connectivity index (χ2n) is 6.42. The van der Waals surface area contributed by atoms with Crippen molar-refractivity contribution in [3.8, 4) is 17.6 Å². The molecule has 9 heteroatoms. The van der Waals surface area contributed by atoms with E-state index in [9.17, 15) is 4.79 Å². The van der Waals surface area contributed by atoms with Crippen LogP contribution in [0.1, 0.15) is 22.3 Å². The van der Waals surface area contributed by atoms with Gasteiger partial charge in [-0.25, -0.2) is 9.61 Å². The van der Waals surface area contributed by atoms with Gasteiger partial charge in [0.15, 0.2) is 17.3 Å². The molecule has 0 radical (unpaired) electrons. The lowest BCUT2D eigenvalue weighted by atomic mass is 10.0. The summed E-state index contributed by atoms with van der Waals surface area (Å²) in [4.78, 5) is 20.4. The van der Waals surface area contributed by atoms with Crippen molar-refractivity contribution in [3.63, 3.8) is 0 Å². The summed E-state index contributed by atoms with van der Waals surface area (Å²) >= 11 is 0. The molecule has 0 aliphatic rings. The van der Waals surface area contributed by atoms with Crippen LogP contribution in [0.25, 0.3) is 22.6 Å². The number of aromatic nitrogens is 4. The molecule has 0 spiro atoms. The molecule has 0 bridgehead atoms. The molecule has 4 rings (SSSR count). The first kappa shape index (κ1) is 18.2. The van der Waals surface area contributed by atoms with Crippen LogP contribution in [0.15, 0.2) is 47.1 Å². The van der Waals surface area contributed by atoms with Gasteiger partial charge in [-0.05, 0) is 46.2 Å². The van der Waals surface area contributed by atoms with Gasteiger partial charge in [0.2, 0.25) is 5.82 Å². The first-order valence-electron chi connectivity index (χ1n) is 8.96. The minimum absolute atomic E-state index is 0.0241. The number of nitrogens with two attached hydrogens (primary N) is 1. The van der Waals surface area contributed by atoms with E-state index in [1.165, 1.54) is 0 Å². The molecule has 29 heavy (non-hydrogen) atoms. The number of fused-ring (bicyclic) bond motifs is 1. The Labute approximate surface area is 165 Å². The Hall–Kier alpha value is -4.19. The van der Waals surface area contributed by atoms with Crippen LogP contribution >= 0.6 is 0 Å². The van der Waals surface area contributed by atoms with Crippen molar-refractivity contribution < 1.29 is 9.42 Å². The van der Waals surface area contributed by atoms with E-state index in [0.717, 1.165) is 11.1 Å². The van der Waals surface area contributed by atoms with Crippen molar-refractivity contribution >= 4 is 28.3 Å². The van der Waals surface area contributed by atoms with E-state index in [1.807, 2.05) is 24.3 Å². The number of nitrogen functional groups attached to an aromatic ring is 1. The maximum atomic E-state index is 12.7. The number of nitrogens with zero attached hydrogens (tertiary/aromatic N) is 4. The fourth-order valence-corrected chi connectivity index (χ4v) is 2.99.